The first-order valence-electron chi connectivity index (χ1n) is 11.6. The summed E-state index contributed by atoms with van der Waals surface area (Å²) in [4.78, 5) is 57.5. The number of likely N-dealkylation sites (tertiary alicyclic amines) is 1. The van der Waals surface area contributed by atoms with Gasteiger partial charge in [0.15, 0.2) is 17.1 Å². The molecule has 0 spiro atoms. The number of carbonyl (C=O) groups excluding carboxylic acids is 4. The fourth-order valence-electron chi connectivity index (χ4n) is 4.75. The SMILES string of the molecule is COC1C=CC2CN(CC3(C(=O)Cc4nc(Nc5cn[nH]c5)ccc4O)NC(=O)NC3=O)CC(=O)C2=C1. The molecule has 3 aliphatic rings. The predicted molar refractivity (Wildman–Crippen MR) is 129 cm³/mol. The second-order valence-electron chi connectivity index (χ2n) is 9.09. The van der Waals surface area contributed by atoms with Crippen LogP contribution in [0.5, 0.6) is 5.75 Å². The number of anilines is 2. The molecule has 2 aromatic heterocycles. The molecule has 1 aliphatic carbocycles. The fraction of sp³-hybridized carbons (Fsp3) is 0.333. The molecule has 0 aromatic carbocycles. The number of amides is 3. The first-order chi connectivity index (χ1) is 17.8. The van der Waals surface area contributed by atoms with Crippen LogP contribution in [0.2, 0.25) is 0 Å². The van der Waals surface area contributed by atoms with Crippen molar-refractivity contribution in [2.24, 2.45) is 5.92 Å². The van der Waals surface area contributed by atoms with Crippen molar-refractivity contribution in [3.05, 3.63) is 54.0 Å². The Morgan fingerprint density at radius 3 is 2.84 bits per heavy atom. The molecule has 3 unspecified atom stereocenters. The number of methoxy groups -OCH3 is 1. The van der Waals surface area contributed by atoms with Crippen molar-refractivity contribution in [3.8, 4) is 5.75 Å². The lowest BCUT2D eigenvalue weighted by molar-refractivity contribution is -0.136. The Hall–Kier alpha value is -4.36. The molecule has 5 N–H and O–H groups in total. The highest BCUT2D eigenvalue weighted by Gasteiger charge is 2.53. The summed E-state index contributed by atoms with van der Waals surface area (Å²) in [6, 6.07) is 2.08. The topological polar surface area (TPSA) is 179 Å². The minimum absolute atomic E-state index is 0.0209. The number of aromatic nitrogens is 3. The largest absolute Gasteiger partial charge is 0.506 e. The van der Waals surface area contributed by atoms with Crippen molar-refractivity contribution in [3.63, 3.8) is 0 Å². The van der Waals surface area contributed by atoms with Crippen LogP contribution in [0, 0.1) is 5.92 Å². The number of piperidine rings is 1. The van der Waals surface area contributed by atoms with Crippen molar-refractivity contribution < 1.29 is 29.0 Å². The van der Waals surface area contributed by atoms with Crippen LogP contribution in [0.15, 0.2) is 48.3 Å². The third kappa shape index (κ3) is 4.73. The molecular weight excluding hydrogens is 482 g/mol. The first-order valence-corrected chi connectivity index (χ1v) is 11.6. The van der Waals surface area contributed by atoms with Gasteiger partial charge in [-0.15, -0.1) is 0 Å². The number of hydrogen-bond donors (Lipinski definition) is 5. The summed E-state index contributed by atoms with van der Waals surface area (Å²) < 4.78 is 5.29. The molecule has 0 radical (unpaired) electrons. The quantitative estimate of drug-likeness (QED) is 0.185. The summed E-state index contributed by atoms with van der Waals surface area (Å²) >= 11 is 0. The number of nitrogens with zero attached hydrogens (tertiary/aromatic N) is 3. The van der Waals surface area contributed by atoms with E-state index < -0.39 is 29.7 Å². The fourth-order valence-corrected chi connectivity index (χ4v) is 4.75. The molecule has 13 heteroatoms. The van der Waals surface area contributed by atoms with E-state index in [2.05, 4.69) is 31.1 Å². The standard InChI is InChI=1S/C24H25N7O6/c1-37-15-3-2-13-10-31(11-19(33)16(13)6-15)12-24(22(35)29-23(36)30-24)20(34)7-17-18(32)4-5-21(28-17)27-14-8-25-26-9-14/h2-6,8-9,13,15,32H,7,10-12H2,1H3,(H,25,26)(H,27,28)(H2,29,30,35,36). The van der Waals surface area contributed by atoms with Crippen LogP contribution < -0.4 is 16.0 Å². The maximum Gasteiger partial charge on any atom is 0.322 e. The lowest BCUT2D eigenvalue weighted by Gasteiger charge is -2.38. The maximum atomic E-state index is 13.6. The van der Waals surface area contributed by atoms with Gasteiger partial charge in [-0.1, -0.05) is 12.2 Å². The zero-order chi connectivity index (χ0) is 26.2. The van der Waals surface area contributed by atoms with E-state index in [4.69, 9.17) is 4.74 Å². The number of imide groups is 1. The average molecular weight is 508 g/mol. The molecule has 192 valence electrons. The number of fused-ring (bicyclic) bond motifs is 1. The van der Waals surface area contributed by atoms with Gasteiger partial charge in [-0.2, -0.15) is 5.10 Å². The number of aromatic amines is 1. The van der Waals surface area contributed by atoms with Gasteiger partial charge in [-0.3, -0.25) is 29.7 Å². The number of Topliss-reactive ketones (excluding diaryl/α,β-unsaturated/α-hetero) is 2. The van der Waals surface area contributed by atoms with Gasteiger partial charge in [0.2, 0.25) is 0 Å². The van der Waals surface area contributed by atoms with E-state index in [1.54, 1.807) is 24.3 Å². The highest BCUT2D eigenvalue weighted by molar-refractivity contribution is 6.21. The highest BCUT2D eigenvalue weighted by Crippen LogP contribution is 2.29. The van der Waals surface area contributed by atoms with E-state index >= 15 is 0 Å². The number of aromatic hydroxyl groups is 1. The Bertz CT molecular complexity index is 1320. The van der Waals surface area contributed by atoms with E-state index in [0.29, 0.717) is 23.6 Å². The smallest absolute Gasteiger partial charge is 0.322 e. The van der Waals surface area contributed by atoms with Gasteiger partial charge in [0.1, 0.15) is 11.6 Å². The molecule has 2 fully saturated rings. The Balaban J connectivity index is 1.37. The summed E-state index contributed by atoms with van der Waals surface area (Å²) in [5.41, 5.74) is -0.686. The summed E-state index contributed by atoms with van der Waals surface area (Å²) in [6.45, 7) is 0.128. The Kier molecular flexibility index (Phi) is 6.31. The minimum Gasteiger partial charge on any atom is -0.506 e. The van der Waals surface area contributed by atoms with Crippen molar-refractivity contribution in [1.82, 2.24) is 30.7 Å². The number of hydrogen-bond acceptors (Lipinski definition) is 10. The van der Waals surface area contributed by atoms with E-state index in [1.807, 2.05) is 12.2 Å². The van der Waals surface area contributed by atoms with Crippen LogP contribution in [0.25, 0.3) is 0 Å². The van der Waals surface area contributed by atoms with Gasteiger partial charge < -0.3 is 20.5 Å². The Morgan fingerprint density at radius 1 is 1.30 bits per heavy atom. The number of nitrogens with one attached hydrogen (secondary N) is 4. The molecule has 0 saturated carbocycles. The summed E-state index contributed by atoms with van der Waals surface area (Å²) in [7, 11) is 1.55. The molecule has 3 atom stereocenters. The van der Waals surface area contributed by atoms with Gasteiger partial charge in [-0.25, -0.2) is 9.78 Å². The molecule has 4 heterocycles. The molecule has 37 heavy (non-hydrogen) atoms. The zero-order valence-corrected chi connectivity index (χ0v) is 19.9. The van der Waals surface area contributed by atoms with Crippen molar-refractivity contribution >= 4 is 35.0 Å². The lowest BCUT2D eigenvalue weighted by Crippen LogP contribution is -2.63. The Morgan fingerprint density at radius 2 is 2.14 bits per heavy atom. The molecule has 0 bridgehead atoms. The Labute approximate surface area is 211 Å². The number of H-pyrrole nitrogens is 1. The highest BCUT2D eigenvalue weighted by atomic mass is 16.5. The normalized spacial score (nSPS) is 25.3. The summed E-state index contributed by atoms with van der Waals surface area (Å²) in [6.07, 6.45) is 7.90. The monoisotopic (exact) mass is 507 g/mol. The molecule has 13 nitrogen and oxygen atoms in total. The van der Waals surface area contributed by atoms with Crippen LogP contribution in [0.1, 0.15) is 5.69 Å². The van der Waals surface area contributed by atoms with Crippen LogP contribution in [0.3, 0.4) is 0 Å². The molecule has 2 saturated heterocycles. The minimum atomic E-state index is -1.95. The average Bonchev–Trinajstić information content (AvgIpc) is 3.48. The number of ether oxygens (including phenoxy) is 1. The van der Waals surface area contributed by atoms with E-state index in [0.717, 1.165) is 0 Å². The number of pyridine rings is 1. The molecule has 2 aliphatic heterocycles. The molecule has 3 amide bonds. The van der Waals surface area contributed by atoms with Crippen LogP contribution in [0.4, 0.5) is 16.3 Å². The molecule has 5 rings (SSSR count). The second kappa shape index (κ2) is 9.59. The van der Waals surface area contributed by atoms with Gasteiger partial charge in [0, 0.05) is 37.9 Å². The van der Waals surface area contributed by atoms with Gasteiger partial charge in [0.25, 0.3) is 5.91 Å². The van der Waals surface area contributed by atoms with Crippen molar-refractivity contribution in [1.29, 1.82) is 0 Å². The lowest BCUT2D eigenvalue weighted by atomic mass is 9.83. The number of carbonyl (C=O) groups is 4. The van der Waals surface area contributed by atoms with Crippen LogP contribution in [-0.4, -0.2) is 87.1 Å². The van der Waals surface area contributed by atoms with E-state index in [9.17, 15) is 24.3 Å². The third-order valence-electron chi connectivity index (χ3n) is 6.62. The molecular formula is C24H25N7O6. The predicted octanol–water partition coefficient (Wildman–Crippen LogP) is -0.0442. The maximum absolute atomic E-state index is 13.6. The van der Waals surface area contributed by atoms with Crippen molar-refractivity contribution in [2.75, 3.05) is 32.1 Å². The van der Waals surface area contributed by atoms with Crippen molar-refractivity contribution in [2.45, 2.75) is 18.1 Å². The second-order valence-corrected chi connectivity index (χ2v) is 9.09. The van der Waals surface area contributed by atoms with Crippen LogP contribution >= 0.6 is 0 Å². The molecule has 2 aromatic rings. The van der Waals surface area contributed by atoms with Gasteiger partial charge >= 0.3 is 6.03 Å². The van der Waals surface area contributed by atoms with E-state index in [-0.39, 0.29) is 42.3 Å². The van der Waals surface area contributed by atoms with Crippen LogP contribution in [-0.2, 0) is 25.5 Å². The summed E-state index contributed by atoms with van der Waals surface area (Å²) in [5.74, 6) is -1.76. The van der Waals surface area contributed by atoms with Gasteiger partial charge in [0.05, 0.1) is 36.6 Å². The third-order valence-corrected chi connectivity index (χ3v) is 6.62. The number of rotatable bonds is 8. The number of ketones is 2. The number of urea groups is 1. The first kappa shape index (κ1) is 24.3. The summed E-state index contributed by atoms with van der Waals surface area (Å²) in [5, 5.41) is 24.4. The van der Waals surface area contributed by atoms with Gasteiger partial charge in [-0.05, 0) is 18.2 Å². The zero-order valence-electron chi connectivity index (χ0n) is 19.9. The van der Waals surface area contributed by atoms with E-state index in [1.165, 1.54) is 18.3 Å².